The van der Waals surface area contributed by atoms with Gasteiger partial charge in [-0.25, -0.2) is 0 Å². The smallest absolute Gasteiger partial charge is 0.139 e. The lowest BCUT2D eigenvalue weighted by Gasteiger charge is -2.33. The first-order valence-corrected chi connectivity index (χ1v) is 6.16. The zero-order valence-electron chi connectivity index (χ0n) is 11.5. The van der Waals surface area contributed by atoms with Gasteiger partial charge in [-0.05, 0) is 46.2 Å². The van der Waals surface area contributed by atoms with Gasteiger partial charge >= 0.3 is 0 Å². The third-order valence-electron chi connectivity index (χ3n) is 3.91. The van der Waals surface area contributed by atoms with Gasteiger partial charge < -0.3 is 21.2 Å². The Balaban J connectivity index is 2.32. The number of amidine groups is 1. The van der Waals surface area contributed by atoms with Crippen molar-refractivity contribution in [1.29, 1.82) is 0 Å². The van der Waals surface area contributed by atoms with Crippen molar-refractivity contribution in [3.63, 3.8) is 0 Å². The van der Waals surface area contributed by atoms with E-state index in [0.717, 1.165) is 13.1 Å². The van der Waals surface area contributed by atoms with Crippen molar-refractivity contribution >= 4 is 5.84 Å². The third-order valence-corrected chi connectivity index (χ3v) is 3.91. The lowest BCUT2D eigenvalue weighted by atomic mass is 10.00. The molecular weight excluding hydrogens is 216 g/mol. The quantitative estimate of drug-likeness (QED) is 0.268. The molecule has 0 atom stereocenters. The summed E-state index contributed by atoms with van der Waals surface area (Å²) in [7, 11) is 4.18. The van der Waals surface area contributed by atoms with Crippen molar-refractivity contribution in [3.8, 4) is 0 Å². The van der Waals surface area contributed by atoms with Crippen LogP contribution in [0.4, 0.5) is 0 Å². The van der Waals surface area contributed by atoms with Gasteiger partial charge in [0.25, 0.3) is 0 Å². The summed E-state index contributed by atoms with van der Waals surface area (Å²) in [5.74, 6) is 0.344. The van der Waals surface area contributed by atoms with E-state index in [1.807, 2.05) is 0 Å². The zero-order chi connectivity index (χ0) is 13.1. The third kappa shape index (κ3) is 4.16. The molecule has 0 radical (unpaired) electrons. The van der Waals surface area contributed by atoms with Gasteiger partial charge in [-0.3, -0.25) is 0 Å². The summed E-state index contributed by atoms with van der Waals surface area (Å²) >= 11 is 0. The monoisotopic (exact) mass is 242 g/mol. The van der Waals surface area contributed by atoms with Crippen molar-refractivity contribution in [1.82, 2.24) is 10.2 Å². The van der Waals surface area contributed by atoms with Gasteiger partial charge in [0.15, 0.2) is 0 Å². The molecule has 1 saturated carbocycles. The summed E-state index contributed by atoms with van der Waals surface area (Å²) in [6.07, 6.45) is 3.02. The Morgan fingerprint density at radius 3 is 2.47 bits per heavy atom. The van der Waals surface area contributed by atoms with Crippen LogP contribution in [0, 0.1) is 5.41 Å². The van der Waals surface area contributed by atoms with Crippen molar-refractivity contribution in [2.75, 3.05) is 27.2 Å². The Labute approximate surface area is 104 Å². The number of nitrogens with one attached hydrogen (secondary N) is 1. The Morgan fingerprint density at radius 2 is 2.06 bits per heavy atom. The lowest BCUT2D eigenvalue weighted by molar-refractivity contribution is 0.187. The number of hydrogen-bond acceptors (Lipinski definition) is 4. The molecule has 5 nitrogen and oxygen atoms in total. The molecule has 0 bridgehead atoms. The van der Waals surface area contributed by atoms with E-state index < -0.39 is 0 Å². The predicted octanol–water partition coefficient (Wildman–Crippen LogP) is 0.833. The minimum atomic E-state index is 0.146. The maximum atomic E-state index is 8.59. The number of nitrogens with zero attached hydrogens (tertiary/aromatic N) is 2. The largest absolute Gasteiger partial charge is 0.409 e. The molecule has 17 heavy (non-hydrogen) atoms. The second-order valence-electron chi connectivity index (χ2n) is 6.08. The van der Waals surface area contributed by atoms with Gasteiger partial charge in [0.1, 0.15) is 5.84 Å². The fourth-order valence-electron chi connectivity index (χ4n) is 1.80. The van der Waals surface area contributed by atoms with Crippen molar-refractivity contribution in [2.24, 2.45) is 16.3 Å². The fraction of sp³-hybridized carbons (Fsp3) is 0.917. The first-order valence-electron chi connectivity index (χ1n) is 6.16. The number of likely N-dealkylation sites (N-methyl/N-ethyl adjacent to an activating group) is 1. The molecule has 5 heteroatoms. The first kappa shape index (κ1) is 14.3. The number of nitrogens with two attached hydrogens (primary N) is 1. The molecule has 0 amide bonds. The minimum absolute atomic E-state index is 0.146. The highest BCUT2D eigenvalue weighted by molar-refractivity contribution is 5.80. The van der Waals surface area contributed by atoms with Gasteiger partial charge in [0.2, 0.25) is 0 Å². The predicted molar refractivity (Wildman–Crippen MR) is 70.3 cm³/mol. The summed E-state index contributed by atoms with van der Waals surface area (Å²) in [4.78, 5) is 2.21. The fourth-order valence-corrected chi connectivity index (χ4v) is 1.80. The maximum absolute atomic E-state index is 8.59. The Hall–Kier alpha value is -0.810. The standard InChI is InChI=1S/C12H26N4O/c1-11(2,16(3)4)8-14-9-12(5-6-12)7-10(13)15-17/h14,17H,5-9H2,1-4H3,(H2,13,15). The van der Waals surface area contributed by atoms with Gasteiger partial charge in [0.05, 0.1) is 0 Å². The zero-order valence-corrected chi connectivity index (χ0v) is 11.5. The van der Waals surface area contributed by atoms with Crippen molar-refractivity contribution in [3.05, 3.63) is 0 Å². The summed E-state index contributed by atoms with van der Waals surface area (Å²) in [5, 5.41) is 15.2. The highest BCUT2D eigenvalue weighted by Gasteiger charge is 2.43. The SMILES string of the molecule is CN(C)C(C)(C)CNCC1(CC(N)=NO)CC1. The summed E-state index contributed by atoms with van der Waals surface area (Å²) in [6, 6.07) is 0. The number of rotatable bonds is 7. The second kappa shape index (κ2) is 5.23. The molecule has 0 aromatic rings. The highest BCUT2D eigenvalue weighted by Crippen LogP contribution is 2.48. The average Bonchev–Trinajstić information content (AvgIpc) is 2.97. The van der Waals surface area contributed by atoms with E-state index >= 15 is 0 Å². The molecule has 4 N–H and O–H groups in total. The van der Waals surface area contributed by atoms with Crippen LogP contribution in [-0.2, 0) is 0 Å². The highest BCUT2D eigenvalue weighted by atomic mass is 16.4. The van der Waals surface area contributed by atoms with Gasteiger partial charge in [-0.15, -0.1) is 0 Å². The van der Waals surface area contributed by atoms with Gasteiger partial charge in [-0.2, -0.15) is 0 Å². The van der Waals surface area contributed by atoms with Crippen LogP contribution >= 0.6 is 0 Å². The Bertz CT molecular complexity index is 282. The molecule has 0 unspecified atom stereocenters. The summed E-state index contributed by atoms with van der Waals surface area (Å²) in [6.45, 7) is 6.31. The normalized spacial score (nSPS) is 19.7. The van der Waals surface area contributed by atoms with Crippen LogP contribution in [0.15, 0.2) is 5.16 Å². The Kier molecular flexibility index (Phi) is 4.38. The lowest BCUT2D eigenvalue weighted by Crippen LogP contribution is -2.47. The molecule has 0 aromatic carbocycles. The molecule has 1 fully saturated rings. The van der Waals surface area contributed by atoms with E-state index in [2.05, 4.69) is 43.3 Å². The molecule has 100 valence electrons. The van der Waals surface area contributed by atoms with Crippen LogP contribution in [0.2, 0.25) is 0 Å². The van der Waals surface area contributed by atoms with E-state index in [1.165, 1.54) is 12.8 Å². The maximum Gasteiger partial charge on any atom is 0.139 e. The van der Waals surface area contributed by atoms with E-state index in [4.69, 9.17) is 10.9 Å². The van der Waals surface area contributed by atoms with E-state index in [0.29, 0.717) is 12.3 Å². The average molecular weight is 242 g/mol. The Morgan fingerprint density at radius 1 is 1.47 bits per heavy atom. The molecule has 0 spiro atoms. The van der Waals surface area contributed by atoms with E-state index in [1.54, 1.807) is 0 Å². The summed E-state index contributed by atoms with van der Waals surface area (Å²) < 4.78 is 0. The van der Waals surface area contributed by atoms with Gasteiger partial charge in [0, 0.05) is 25.0 Å². The minimum Gasteiger partial charge on any atom is -0.409 e. The molecule has 0 aliphatic heterocycles. The molecule has 0 heterocycles. The molecule has 1 aliphatic carbocycles. The van der Waals surface area contributed by atoms with Crippen molar-refractivity contribution < 1.29 is 5.21 Å². The van der Waals surface area contributed by atoms with Crippen LogP contribution in [0.5, 0.6) is 0 Å². The van der Waals surface area contributed by atoms with E-state index in [-0.39, 0.29) is 11.0 Å². The molecule has 1 aliphatic rings. The molecule has 1 rings (SSSR count). The van der Waals surface area contributed by atoms with Crippen LogP contribution in [0.3, 0.4) is 0 Å². The summed E-state index contributed by atoms with van der Waals surface area (Å²) in [5.41, 5.74) is 5.95. The topological polar surface area (TPSA) is 73.9 Å². The molecule has 0 aromatic heterocycles. The second-order valence-corrected chi connectivity index (χ2v) is 6.08. The first-order chi connectivity index (χ1) is 7.81. The van der Waals surface area contributed by atoms with Crippen LogP contribution in [-0.4, -0.2) is 48.7 Å². The van der Waals surface area contributed by atoms with Crippen molar-refractivity contribution in [2.45, 2.75) is 38.6 Å². The number of oxime groups is 1. The van der Waals surface area contributed by atoms with Crippen LogP contribution in [0.1, 0.15) is 33.1 Å². The number of hydrogen-bond donors (Lipinski definition) is 3. The molecular formula is C12H26N4O. The van der Waals surface area contributed by atoms with Gasteiger partial charge in [-0.1, -0.05) is 5.16 Å². The molecule has 0 saturated heterocycles. The van der Waals surface area contributed by atoms with E-state index in [9.17, 15) is 0 Å². The van der Waals surface area contributed by atoms with Crippen LogP contribution in [0.25, 0.3) is 0 Å². The van der Waals surface area contributed by atoms with Crippen LogP contribution < -0.4 is 11.1 Å².